The highest BCUT2D eigenvalue weighted by molar-refractivity contribution is 6.30. The second kappa shape index (κ2) is 5.11. The first-order valence-electron chi connectivity index (χ1n) is 5.81. The zero-order valence-corrected chi connectivity index (χ0v) is 10.7. The van der Waals surface area contributed by atoms with Gasteiger partial charge in [0.25, 0.3) is 0 Å². The minimum absolute atomic E-state index is 0.725. The number of fused-ring (bicyclic) bond motifs is 1. The number of hydrogen-bond donors (Lipinski definition) is 0. The summed E-state index contributed by atoms with van der Waals surface area (Å²) in [5.41, 5.74) is 5.94. The van der Waals surface area contributed by atoms with E-state index >= 15 is 0 Å². The van der Waals surface area contributed by atoms with E-state index in [1.807, 2.05) is 54.6 Å². The molecule has 0 aliphatic heterocycles. The first-order chi connectivity index (χ1) is 9.33. The number of para-hydroxylation sites is 1. The molecule has 4 heteroatoms. The van der Waals surface area contributed by atoms with Gasteiger partial charge in [-0.05, 0) is 35.9 Å². The zero-order valence-electron chi connectivity index (χ0n) is 9.99. The predicted molar refractivity (Wildman–Crippen MR) is 77.7 cm³/mol. The molecule has 0 radical (unpaired) electrons. The summed E-state index contributed by atoms with van der Waals surface area (Å²) in [6, 6.07) is 15.4. The SMILES string of the molecule is Clc1ccc(C=C=Cn2nnc3ccccc32)cc1. The molecule has 0 saturated carbocycles. The molecule has 0 N–H and O–H groups in total. The second-order valence-electron chi connectivity index (χ2n) is 4.01. The van der Waals surface area contributed by atoms with E-state index in [4.69, 9.17) is 11.6 Å². The number of nitrogens with zero attached hydrogens (tertiary/aromatic N) is 3. The van der Waals surface area contributed by atoms with Crippen molar-refractivity contribution < 1.29 is 0 Å². The van der Waals surface area contributed by atoms with Crippen molar-refractivity contribution in [2.45, 2.75) is 0 Å². The molecule has 19 heavy (non-hydrogen) atoms. The lowest BCUT2D eigenvalue weighted by molar-refractivity contribution is 0.862. The van der Waals surface area contributed by atoms with E-state index in [1.165, 1.54) is 0 Å². The molecule has 0 spiro atoms. The van der Waals surface area contributed by atoms with Crippen LogP contribution in [0.4, 0.5) is 0 Å². The van der Waals surface area contributed by atoms with Gasteiger partial charge in [-0.3, -0.25) is 0 Å². The van der Waals surface area contributed by atoms with E-state index in [0.29, 0.717) is 0 Å². The number of hydrogen-bond acceptors (Lipinski definition) is 2. The van der Waals surface area contributed by atoms with Gasteiger partial charge in [-0.25, -0.2) is 4.68 Å². The molecule has 3 aromatic rings. The van der Waals surface area contributed by atoms with Crippen molar-refractivity contribution in [1.29, 1.82) is 0 Å². The molecule has 0 saturated heterocycles. The van der Waals surface area contributed by atoms with Gasteiger partial charge in [-0.15, -0.1) is 10.8 Å². The third-order valence-corrected chi connectivity index (χ3v) is 2.95. The lowest BCUT2D eigenvalue weighted by Gasteiger charge is -1.91. The first-order valence-corrected chi connectivity index (χ1v) is 6.19. The predicted octanol–water partition coefficient (Wildman–Crippen LogP) is 3.87. The molecule has 1 heterocycles. The van der Waals surface area contributed by atoms with Crippen molar-refractivity contribution in [3.05, 3.63) is 64.8 Å². The smallest absolute Gasteiger partial charge is 0.113 e. The van der Waals surface area contributed by atoms with Gasteiger partial charge in [0.15, 0.2) is 0 Å². The van der Waals surface area contributed by atoms with Gasteiger partial charge in [0, 0.05) is 5.02 Å². The van der Waals surface area contributed by atoms with E-state index < -0.39 is 0 Å². The molecular weight excluding hydrogens is 258 g/mol. The van der Waals surface area contributed by atoms with Crippen LogP contribution in [0.25, 0.3) is 23.3 Å². The Labute approximate surface area is 115 Å². The van der Waals surface area contributed by atoms with Crippen LogP contribution in [0.15, 0.2) is 54.3 Å². The fourth-order valence-corrected chi connectivity index (χ4v) is 1.87. The Bertz CT molecular complexity index is 765. The Balaban J connectivity index is 1.92. The highest BCUT2D eigenvalue weighted by Gasteiger charge is 1.98. The Hall–Kier alpha value is -2.35. The summed E-state index contributed by atoms with van der Waals surface area (Å²) in [7, 11) is 0. The number of rotatable bonds is 2. The molecule has 3 rings (SSSR count). The van der Waals surface area contributed by atoms with Crippen LogP contribution in [0, 0.1) is 0 Å². The normalized spacial score (nSPS) is 10.2. The van der Waals surface area contributed by atoms with Crippen LogP contribution >= 0.6 is 11.6 Å². The lowest BCUT2D eigenvalue weighted by atomic mass is 10.2. The largest absolute Gasteiger partial charge is 0.212 e. The minimum Gasteiger partial charge on any atom is -0.212 e. The molecule has 92 valence electrons. The summed E-state index contributed by atoms with van der Waals surface area (Å²) in [5, 5.41) is 8.84. The van der Waals surface area contributed by atoms with Crippen LogP contribution in [0.1, 0.15) is 5.56 Å². The molecule has 0 aliphatic carbocycles. The maximum Gasteiger partial charge on any atom is 0.113 e. The van der Waals surface area contributed by atoms with Crippen molar-refractivity contribution in [1.82, 2.24) is 15.0 Å². The molecule has 0 unspecified atom stereocenters. The van der Waals surface area contributed by atoms with Crippen LogP contribution in [0.5, 0.6) is 0 Å². The Morgan fingerprint density at radius 2 is 1.84 bits per heavy atom. The van der Waals surface area contributed by atoms with E-state index in [9.17, 15) is 0 Å². The highest BCUT2D eigenvalue weighted by Crippen LogP contribution is 2.11. The number of aromatic nitrogens is 3. The zero-order chi connectivity index (χ0) is 13.1. The Morgan fingerprint density at radius 1 is 1.05 bits per heavy atom. The topological polar surface area (TPSA) is 30.7 Å². The maximum absolute atomic E-state index is 5.83. The summed E-state index contributed by atoms with van der Waals surface area (Å²) in [6.45, 7) is 0. The van der Waals surface area contributed by atoms with Crippen LogP contribution in [-0.4, -0.2) is 15.0 Å². The fourth-order valence-electron chi connectivity index (χ4n) is 1.75. The van der Waals surface area contributed by atoms with Gasteiger partial charge in [0.2, 0.25) is 0 Å². The number of benzene rings is 2. The van der Waals surface area contributed by atoms with Crippen molar-refractivity contribution in [3.63, 3.8) is 0 Å². The molecule has 0 amide bonds. The molecule has 2 aromatic carbocycles. The van der Waals surface area contributed by atoms with E-state index in [-0.39, 0.29) is 0 Å². The van der Waals surface area contributed by atoms with Gasteiger partial charge < -0.3 is 0 Å². The average molecular weight is 268 g/mol. The van der Waals surface area contributed by atoms with Crippen LogP contribution < -0.4 is 0 Å². The molecule has 0 aliphatic rings. The van der Waals surface area contributed by atoms with Crippen molar-refractivity contribution >= 4 is 34.9 Å². The standard InChI is InChI=1S/C15H10ClN3/c16-13-9-7-12(8-10-13)4-3-11-19-15-6-2-1-5-14(15)17-18-19/h1-2,4-11H. The third-order valence-electron chi connectivity index (χ3n) is 2.69. The lowest BCUT2D eigenvalue weighted by Crippen LogP contribution is -1.86. The van der Waals surface area contributed by atoms with Gasteiger partial charge in [0.1, 0.15) is 5.52 Å². The van der Waals surface area contributed by atoms with Gasteiger partial charge in [-0.2, -0.15) is 0 Å². The minimum atomic E-state index is 0.725. The molecule has 0 atom stereocenters. The van der Waals surface area contributed by atoms with Crippen LogP contribution in [-0.2, 0) is 0 Å². The van der Waals surface area contributed by atoms with Crippen molar-refractivity contribution in [2.75, 3.05) is 0 Å². The second-order valence-corrected chi connectivity index (χ2v) is 4.45. The highest BCUT2D eigenvalue weighted by atomic mass is 35.5. The van der Waals surface area contributed by atoms with Crippen molar-refractivity contribution in [3.8, 4) is 0 Å². The third kappa shape index (κ3) is 2.58. The maximum atomic E-state index is 5.83. The molecule has 1 aromatic heterocycles. The summed E-state index contributed by atoms with van der Waals surface area (Å²) in [5.74, 6) is 0. The average Bonchev–Trinajstić information content (AvgIpc) is 2.85. The number of halogens is 1. The quantitative estimate of drug-likeness (QED) is 0.660. The van der Waals surface area contributed by atoms with Gasteiger partial charge in [0.05, 0.1) is 11.7 Å². The Morgan fingerprint density at radius 3 is 2.68 bits per heavy atom. The van der Waals surface area contributed by atoms with Crippen molar-refractivity contribution in [2.24, 2.45) is 0 Å². The fraction of sp³-hybridized carbons (Fsp3) is 0. The first kappa shape index (κ1) is 11.7. The van der Waals surface area contributed by atoms with Gasteiger partial charge in [-0.1, -0.05) is 41.1 Å². The summed E-state index contributed by atoms with van der Waals surface area (Å²) in [6.07, 6.45) is 3.62. The molecule has 0 bridgehead atoms. The van der Waals surface area contributed by atoms with Crippen LogP contribution in [0.3, 0.4) is 0 Å². The monoisotopic (exact) mass is 267 g/mol. The Kier molecular flexibility index (Phi) is 3.15. The van der Waals surface area contributed by atoms with Gasteiger partial charge >= 0.3 is 0 Å². The summed E-state index contributed by atoms with van der Waals surface area (Å²) >= 11 is 5.83. The molecular formula is C15H10ClN3. The molecule has 0 fully saturated rings. The van der Waals surface area contributed by atoms with E-state index in [2.05, 4.69) is 16.0 Å². The molecule has 3 nitrogen and oxygen atoms in total. The van der Waals surface area contributed by atoms with Crippen LogP contribution in [0.2, 0.25) is 5.02 Å². The van der Waals surface area contributed by atoms with E-state index in [0.717, 1.165) is 21.6 Å². The summed E-state index contributed by atoms with van der Waals surface area (Å²) in [4.78, 5) is 0. The summed E-state index contributed by atoms with van der Waals surface area (Å²) < 4.78 is 1.70. The van der Waals surface area contributed by atoms with E-state index in [1.54, 1.807) is 10.9 Å².